The van der Waals surface area contributed by atoms with Crippen LogP contribution in [0.15, 0.2) is 54.6 Å². The predicted molar refractivity (Wildman–Crippen MR) is 88.2 cm³/mol. The van der Waals surface area contributed by atoms with Crippen molar-refractivity contribution >= 4 is 21.6 Å². The molecule has 0 aliphatic carbocycles. The summed E-state index contributed by atoms with van der Waals surface area (Å²) in [5.74, 6) is -0.161. The average molecular weight is 340 g/mol. The first kappa shape index (κ1) is 17.0. The fourth-order valence-corrected chi connectivity index (χ4v) is 3.46. The van der Waals surface area contributed by atoms with Crippen LogP contribution < -0.4 is 4.72 Å². The molecule has 2 N–H and O–H groups in total. The van der Waals surface area contributed by atoms with Crippen molar-refractivity contribution in [1.82, 2.24) is 4.72 Å². The van der Waals surface area contributed by atoms with Crippen molar-refractivity contribution in [2.45, 2.75) is 18.3 Å². The number of aliphatic hydroxyl groups excluding tert-OH is 1. The Morgan fingerprint density at radius 3 is 2.41 bits per heavy atom. The number of sulfonamides is 1. The normalized spacial score (nSPS) is 13.0. The lowest BCUT2D eigenvalue weighted by molar-refractivity contribution is 0.179. The SMILES string of the molecule is O=S(=O)(Cc1cccc(Cl)c1)NCC(O)Cc1ccccc1. The molecule has 0 amide bonds. The van der Waals surface area contributed by atoms with Crippen molar-refractivity contribution < 1.29 is 13.5 Å². The lowest BCUT2D eigenvalue weighted by atomic mass is 10.1. The lowest BCUT2D eigenvalue weighted by Crippen LogP contribution is -2.34. The summed E-state index contributed by atoms with van der Waals surface area (Å²) in [6.07, 6.45) is -0.364. The summed E-state index contributed by atoms with van der Waals surface area (Å²) in [7, 11) is -3.51. The Bertz CT molecular complexity index is 704. The van der Waals surface area contributed by atoms with E-state index in [0.29, 0.717) is 17.0 Å². The molecule has 118 valence electrons. The van der Waals surface area contributed by atoms with E-state index >= 15 is 0 Å². The van der Waals surface area contributed by atoms with Crippen LogP contribution in [0.2, 0.25) is 5.02 Å². The third-order valence-corrected chi connectivity index (χ3v) is 4.65. The molecule has 0 aromatic heterocycles. The van der Waals surface area contributed by atoms with E-state index in [1.807, 2.05) is 30.3 Å². The molecule has 2 rings (SSSR count). The Hall–Kier alpha value is -1.40. The van der Waals surface area contributed by atoms with Crippen molar-refractivity contribution in [2.24, 2.45) is 0 Å². The van der Waals surface area contributed by atoms with Crippen molar-refractivity contribution in [3.8, 4) is 0 Å². The Morgan fingerprint density at radius 2 is 1.73 bits per heavy atom. The third kappa shape index (κ3) is 5.77. The maximum Gasteiger partial charge on any atom is 0.215 e. The van der Waals surface area contributed by atoms with Crippen LogP contribution >= 0.6 is 11.6 Å². The number of aliphatic hydroxyl groups is 1. The predicted octanol–water partition coefficient (Wildman–Crippen LogP) is 2.36. The number of nitrogens with one attached hydrogen (secondary N) is 1. The molecule has 2 aromatic carbocycles. The van der Waals surface area contributed by atoms with E-state index in [1.165, 1.54) is 0 Å². The van der Waals surface area contributed by atoms with E-state index < -0.39 is 16.1 Å². The first-order valence-corrected chi connectivity index (χ1v) is 8.91. The zero-order valence-corrected chi connectivity index (χ0v) is 13.5. The highest BCUT2D eigenvalue weighted by atomic mass is 35.5. The van der Waals surface area contributed by atoms with Gasteiger partial charge >= 0.3 is 0 Å². The van der Waals surface area contributed by atoms with Crippen molar-refractivity contribution in [2.75, 3.05) is 6.54 Å². The molecule has 0 aliphatic heterocycles. The van der Waals surface area contributed by atoms with Gasteiger partial charge in [-0.25, -0.2) is 13.1 Å². The van der Waals surface area contributed by atoms with Gasteiger partial charge < -0.3 is 5.11 Å². The van der Waals surface area contributed by atoms with Crippen LogP contribution in [0.5, 0.6) is 0 Å². The molecule has 6 heteroatoms. The highest BCUT2D eigenvalue weighted by Gasteiger charge is 2.14. The monoisotopic (exact) mass is 339 g/mol. The molecule has 1 unspecified atom stereocenters. The molecule has 0 spiro atoms. The fraction of sp³-hybridized carbons (Fsp3) is 0.250. The van der Waals surface area contributed by atoms with Gasteiger partial charge in [-0.2, -0.15) is 0 Å². The van der Waals surface area contributed by atoms with E-state index in [9.17, 15) is 13.5 Å². The van der Waals surface area contributed by atoms with Crippen LogP contribution in [0, 0.1) is 0 Å². The molecule has 1 atom stereocenters. The van der Waals surface area contributed by atoms with E-state index in [0.717, 1.165) is 5.56 Å². The summed E-state index contributed by atoms with van der Waals surface area (Å²) in [6, 6.07) is 16.1. The van der Waals surface area contributed by atoms with Gasteiger partial charge in [0, 0.05) is 11.6 Å². The van der Waals surface area contributed by atoms with Gasteiger partial charge in [0.2, 0.25) is 10.0 Å². The molecule has 0 saturated heterocycles. The number of hydrogen-bond acceptors (Lipinski definition) is 3. The lowest BCUT2D eigenvalue weighted by Gasteiger charge is -2.12. The quantitative estimate of drug-likeness (QED) is 0.813. The second kappa shape index (κ2) is 7.74. The number of rotatable bonds is 7. The molecule has 0 heterocycles. The second-order valence-corrected chi connectivity index (χ2v) is 7.32. The van der Waals surface area contributed by atoms with Gasteiger partial charge in [-0.3, -0.25) is 0 Å². The summed E-state index contributed by atoms with van der Waals surface area (Å²) in [6.45, 7) is -0.0161. The van der Waals surface area contributed by atoms with Gasteiger partial charge in [0.05, 0.1) is 11.9 Å². The smallest absolute Gasteiger partial charge is 0.215 e. The van der Waals surface area contributed by atoms with Crippen molar-refractivity contribution in [3.63, 3.8) is 0 Å². The van der Waals surface area contributed by atoms with E-state index in [2.05, 4.69) is 4.72 Å². The Morgan fingerprint density at radius 1 is 1.05 bits per heavy atom. The second-order valence-electron chi connectivity index (χ2n) is 5.08. The molecule has 0 fully saturated rings. The highest BCUT2D eigenvalue weighted by Crippen LogP contribution is 2.13. The standard InChI is InChI=1S/C16H18ClNO3S/c17-15-8-4-7-14(9-15)12-22(20,21)18-11-16(19)10-13-5-2-1-3-6-13/h1-9,16,18-19H,10-12H2. The Kier molecular flexibility index (Phi) is 5.97. The van der Waals surface area contributed by atoms with Gasteiger partial charge in [-0.15, -0.1) is 0 Å². The molecule has 0 radical (unpaired) electrons. The van der Waals surface area contributed by atoms with E-state index in [-0.39, 0.29) is 12.3 Å². The summed E-state index contributed by atoms with van der Waals surface area (Å²) in [4.78, 5) is 0. The molecule has 4 nitrogen and oxygen atoms in total. The van der Waals surface area contributed by atoms with Crippen LogP contribution in [-0.2, 0) is 22.2 Å². The van der Waals surface area contributed by atoms with Crippen LogP contribution in [0.1, 0.15) is 11.1 Å². The average Bonchev–Trinajstić information content (AvgIpc) is 2.46. The number of halogens is 1. The maximum atomic E-state index is 12.0. The maximum absolute atomic E-state index is 12.0. The fourth-order valence-electron chi connectivity index (χ4n) is 2.08. The van der Waals surface area contributed by atoms with E-state index in [1.54, 1.807) is 24.3 Å². The minimum Gasteiger partial charge on any atom is -0.391 e. The molecular formula is C16H18ClNO3S. The zero-order valence-electron chi connectivity index (χ0n) is 11.9. The molecule has 0 bridgehead atoms. The van der Waals surface area contributed by atoms with Gasteiger partial charge in [0.1, 0.15) is 0 Å². The van der Waals surface area contributed by atoms with Crippen LogP contribution in [-0.4, -0.2) is 26.2 Å². The molecular weight excluding hydrogens is 322 g/mol. The largest absolute Gasteiger partial charge is 0.391 e. The summed E-state index contributed by atoms with van der Waals surface area (Å²) < 4.78 is 26.4. The zero-order chi connectivity index (χ0) is 16.0. The molecule has 22 heavy (non-hydrogen) atoms. The first-order valence-electron chi connectivity index (χ1n) is 6.88. The first-order chi connectivity index (χ1) is 10.4. The molecule has 0 saturated carbocycles. The van der Waals surface area contributed by atoms with Crippen molar-refractivity contribution in [1.29, 1.82) is 0 Å². The van der Waals surface area contributed by atoms with Crippen molar-refractivity contribution in [3.05, 3.63) is 70.7 Å². The third-order valence-electron chi connectivity index (χ3n) is 3.10. The summed E-state index contributed by atoms with van der Waals surface area (Å²) >= 11 is 5.84. The van der Waals surface area contributed by atoms with Gasteiger partial charge in [-0.1, -0.05) is 54.1 Å². The summed E-state index contributed by atoms with van der Waals surface area (Å²) in [5, 5.41) is 10.4. The highest BCUT2D eigenvalue weighted by molar-refractivity contribution is 7.88. The number of hydrogen-bond donors (Lipinski definition) is 2. The summed E-state index contributed by atoms with van der Waals surface area (Å²) in [5.41, 5.74) is 1.57. The van der Waals surface area contributed by atoms with Crippen LogP contribution in [0.4, 0.5) is 0 Å². The van der Waals surface area contributed by atoms with Gasteiger partial charge in [0.15, 0.2) is 0 Å². The minimum absolute atomic E-state index is 0.0161. The Labute approximate surface area is 135 Å². The van der Waals surface area contributed by atoms with Crippen LogP contribution in [0.3, 0.4) is 0 Å². The number of benzene rings is 2. The topological polar surface area (TPSA) is 66.4 Å². The molecule has 0 aliphatic rings. The van der Waals surface area contributed by atoms with Gasteiger partial charge in [-0.05, 0) is 29.7 Å². The van der Waals surface area contributed by atoms with Crippen LogP contribution in [0.25, 0.3) is 0 Å². The van der Waals surface area contributed by atoms with Gasteiger partial charge in [0.25, 0.3) is 0 Å². The Balaban J connectivity index is 1.87. The minimum atomic E-state index is -3.51. The molecule has 2 aromatic rings. The van der Waals surface area contributed by atoms with E-state index in [4.69, 9.17) is 11.6 Å².